The van der Waals surface area contributed by atoms with Gasteiger partial charge in [0.25, 0.3) is 0 Å². The summed E-state index contributed by atoms with van der Waals surface area (Å²) in [6, 6.07) is 2.08. The number of aromatic nitrogens is 2. The summed E-state index contributed by atoms with van der Waals surface area (Å²) in [5, 5.41) is 6.67. The average Bonchev–Trinajstić information content (AvgIpc) is 2.15. The van der Waals surface area contributed by atoms with E-state index in [1.807, 2.05) is 0 Å². The van der Waals surface area contributed by atoms with E-state index in [1.54, 1.807) is 0 Å². The lowest BCUT2D eigenvalue weighted by molar-refractivity contribution is 0.893. The van der Waals surface area contributed by atoms with Crippen molar-refractivity contribution in [2.24, 2.45) is 0 Å². The maximum absolute atomic E-state index is 7.41. The van der Waals surface area contributed by atoms with Crippen molar-refractivity contribution in [2.45, 2.75) is 20.1 Å². The van der Waals surface area contributed by atoms with E-state index >= 15 is 0 Å². The highest BCUT2D eigenvalue weighted by atomic mass is 15.1. The first-order valence-corrected chi connectivity index (χ1v) is 2.31. The summed E-state index contributed by atoms with van der Waals surface area (Å²) in [4.78, 5) is 0. The summed E-state index contributed by atoms with van der Waals surface area (Å²) in [5.74, 6) is 0. The lowest BCUT2D eigenvalue weighted by Gasteiger charge is -1.91. The van der Waals surface area contributed by atoms with Crippen LogP contribution in [-0.2, 0) is 6.37 Å². The first kappa shape index (κ1) is 1.57. The van der Waals surface area contributed by atoms with Crippen LogP contribution in [0.1, 0.15) is 29.2 Å². The van der Waals surface area contributed by atoms with Gasteiger partial charge in [0.05, 0.1) is 11.4 Å². The van der Waals surface area contributed by atoms with Gasteiger partial charge in [0, 0.05) is 11.0 Å². The topological polar surface area (TPSA) is 25.8 Å². The van der Waals surface area contributed by atoms with Crippen LogP contribution in [0.3, 0.4) is 0 Å². The van der Waals surface area contributed by atoms with E-state index in [-0.39, 0.29) is 5.69 Å². The van der Waals surface area contributed by atoms with Crippen molar-refractivity contribution in [2.75, 3.05) is 0 Å². The second-order valence-corrected chi connectivity index (χ2v) is 1.43. The van der Waals surface area contributed by atoms with Crippen molar-refractivity contribution in [3.63, 3.8) is 0 Å². The van der Waals surface area contributed by atoms with E-state index < -0.39 is 25.8 Å². The van der Waals surface area contributed by atoms with E-state index in [2.05, 4.69) is 10.2 Å². The summed E-state index contributed by atoms with van der Waals surface area (Å²) >= 11 is 0. The number of hydrogen-bond donors (Lipinski definition) is 0. The number of rotatable bonds is 1. The number of nitrogens with zero attached hydrogens (tertiary/aromatic N) is 2. The Morgan fingerprint density at radius 3 is 3.22 bits per heavy atom. The molecule has 0 aliphatic carbocycles. The molecule has 0 aromatic carbocycles. The lowest BCUT2D eigenvalue weighted by atomic mass is 10.3. The van der Waals surface area contributed by atoms with Gasteiger partial charge in [-0.15, -0.1) is 0 Å². The Balaban J connectivity index is 3.12. The molecule has 1 aromatic heterocycles. The molecule has 0 amide bonds. The molecule has 0 aliphatic heterocycles. The average molecular weight is 130 g/mol. The second-order valence-electron chi connectivity index (χ2n) is 1.43. The normalized spacial score (nSPS) is 27.1. The van der Waals surface area contributed by atoms with Gasteiger partial charge in [0.2, 0.25) is 0 Å². The van der Waals surface area contributed by atoms with Gasteiger partial charge >= 0.3 is 0 Å². The molecule has 0 unspecified atom stereocenters. The summed E-state index contributed by atoms with van der Waals surface area (Å²) in [7, 11) is 0. The molecular weight excluding hydrogens is 112 g/mol. The summed E-state index contributed by atoms with van der Waals surface area (Å²) in [6.07, 6.45) is -2.66. The van der Waals surface area contributed by atoms with Gasteiger partial charge in [0.1, 0.15) is 0 Å². The van der Waals surface area contributed by atoms with Gasteiger partial charge in [-0.2, -0.15) is 10.2 Å². The molecule has 48 valence electrons. The molecule has 0 saturated carbocycles. The largest absolute Gasteiger partial charge is 0.156 e. The Hall–Kier alpha value is -0.920. The van der Waals surface area contributed by atoms with Crippen LogP contribution in [0.5, 0.6) is 0 Å². The molecule has 1 rings (SSSR count). The minimum Gasteiger partial charge on any atom is -0.156 e. The Bertz CT molecular complexity index is 390. The molecule has 0 bridgehead atoms. The first-order valence-electron chi connectivity index (χ1n) is 6.31. The lowest BCUT2D eigenvalue weighted by Crippen LogP contribution is -1.90. The van der Waals surface area contributed by atoms with Crippen molar-refractivity contribution in [3.05, 3.63) is 23.5 Å². The van der Waals surface area contributed by atoms with Gasteiger partial charge in [-0.25, -0.2) is 0 Å². The van der Waals surface area contributed by atoms with Gasteiger partial charge in [-0.3, -0.25) is 0 Å². The van der Waals surface area contributed by atoms with Crippen LogP contribution < -0.4 is 0 Å². The van der Waals surface area contributed by atoms with Crippen molar-refractivity contribution in [1.82, 2.24) is 10.2 Å². The summed E-state index contributed by atoms with van der Waals surface area (Å²) in [6.45, 7) is -5.33. The fourth-order valence-corrected chi connectivity index (χ4v) is 0.399. The molecule has 2 heteroatoms. The molecule has 1 aromatic rings. The third kappa shape index (κ3) is 1.49. The Morgan fingerprint density at radius 1 is 1.67 bits per heavy atom. The van der Waals surface area contributed by atoms with E-state index in [1.165, 1.54) is 0 Å². The molecule has 0 aliphatic rings. The monoisotopic (exact) mass is 130 g/mol. The SMILES string of the molecule is [2H]C([2H])([2H])c1ccc(C([2H])([2H])C([2H])([2H])[2H])nn1. The predicted octanol–water partition coefficient (Wildman–Crippen LogP) is 1.35. The van der Waals surface area contributed by atoms with Gasteiger partial charge in [-0.1, -0.05) is 6.85 Å². The highest BCUT2D eigenvalue weighted by molar-refractivity contribution is 5.04. The summed E-state index contributed by atoms with van der Waals surface area (Å²) < 4.78 is 57.0. The fraction of sp³-hybridized carbons (Fsp3) is 0.429. The van der Waals surface area contributed by atoms with Crippen LogP contribution in [0, 0.1) is 6.85 Å². The maximum Gasteiger partial charge on any atom is 0.0628 e. The van der Waals surface area contributed by atoms with Crippen LogP contribution >= 0.6 is 0 Å². The zero-order chi connectivity index (χ0) is 13.5. The molecule has 0 radical (unpaired) electrons. The third-order valence-corrected chi connectivity index (χ3v) is 0.793. The molecule has 0 atom stereocenters. The molecule has 0 spiro atoms. The van der Waals surface area contributed by atoms with E-state index in [0.29, 0.717) is 0 Å². The summed E-state index contributed by atoms with van der Waals surface area (Å²) in [5.41, 5.74) is -0.715. The molecule has 9 heavy (non-hydrogen) atoms. The Labute approximate surface area is 66.2 Å². The first-order chi connectivity index (χ1) is 7.46. The van der Waals surface area contributed by atoms with E-state index in [0.717, 1.165) is 12.1 Å². The van der Waals surface area contributed by atoms with Gasteiger partial charge in [-0.05, 0) is 25.4 Å². The zero-order valence-electron chi connectivity index (χ0n) is 12.5. The fourth-order valence-electron chi connectivity index (χ4n) is 0.399. The van der Waals surface area contributed by atoms with Crippen LogP contribution in [-0.4, -0.2) is 10.2 Å². The molecule has 0 saturated heterocycles. The highest BCUT2D eigenvalue weighted by Gasteiger charge is 1.88. The van der Waals surface area contributed by atoms with Crippen molar-refractivity contribution < 1.29 is 11.0 Å². The molecule has 1 heterocycles. The van der Waals surface area contributed by atoms with Crippen LogP contribution in [0.25, 0.3) is 0 Å². The van der Waals surface area contributed by atoms with Gasteiger partial charge in [0.15, 0.2) is 0 Å². The zero-order valence-corrected chi connectivity index (χ0v) is 4.55. The van der Waals surface area contributed by atoms with Crippen molar-refractivity contribution >= 4 is 0 Å². The van der Waals surface area contributed by atoms with Crippen LogP contribution in [0.4, 0.5) is 0 Å². The standard InChI is InChI=1S/C7H10N2/c1-3-7-5-4-6(2)8-9-7/h4-5H,3H2,1-2H3/i1D3,2D3,3D2. The predicted molar refractivity (Wildman–Crippen MR) is 36.1 cm³/mol. The molecular formula is C7H10N2. The van der Waals surface area contributed by atoms with E-state index in [4.69, 9.17) is 11.0 Å². The molecule has 0 N–H and O–H groups in total. The molecule has 2 nitrogen and oxygen atoms in total. The third-order valence-electron chi connectivity index (χ3n) is 0.793. The number of aryl methyl sites for hydroxylation is 2. The van der Waals surface area contributed by atoms with E-state index in [9.17, 15) is 0 Å². The minimum atomic E-state index is -2.89. The van der Waals surface area contributed by atoms with Gasteiger partial charge < -0.3 is 0 Å². The Morgan fingerprint density at radius 2 is 2.67 bits per heavy atom. The van der Waals surface area contributed by atoms with Crippen LogP contribution in [0.2, 0.25) is 0 Å². The minimum absolute atomic E-state index is 0.303. The van der Waals surface area contributed by atoms with Crippen molar-refractivity contribution in [3.8, 4) is 0 Å². The Kier molecular flexibility index (Phi) is 0.448. The smallest absolute Gasteiger partial charge is 0.0628 e. The van der Waals surface area contributed by atoms with Crippen LogP contribution in [0.15, 0.2) is 12.1 Å². The highest BCUT2D eigenvalue weighted by Crippen LogP contribution is 1.93. The maximum atomic E-state index is 7.41. The van der Waals surface area contributed by atoms with Crippen molar-refractivity contribution in [1.29, 1.82) is 0 Å². The second kappa shape index (κ2) is 2.58. The quantitative estimate of drug-likeness (QED) is 0.573. The number of hydrogen-bond acceptors (Lipinski definition) is 2. The molecule has 0 fully saturated rings.